The highest BCUT2D eigenvalue weighted by atomic mass is 14.9. The Morgan fingerprint density at radius 2 is 2.33 bits per heavy atom. The van der Waals surface area contributed by atoms with Crippen molar-refractivity contribution < 1.29 is 0 Å². The molecule has 1 unspecified atom stereocenters. The van der Waals surface area contributed by atoms with Crippen LogP contribution in [-0.4, -0.2) is 12.6 Å². The molecule has 0 heterocycles. The van der Waals surface area contributed by atoms with Gasteiger partial charge in [-0.1, -0.05) is 19.8 Å². The topological polar surface area (TPSA) is 12.0 Å². The van der Waals surface area contributed by atoms with Crippen molar-refractivity contribution in [1.29, 1.82) is 0 Å². The van der Waals surface area contributed by atoms with E-state index >= 15 is 0 Å². The second-order valence-corrected chi connectivity index (χ2v) is 3.70. The standard InChI is InChI=1S/C11H19N/c1-3-5-11(4-2)12-9-8-10-6-7-10/h1,10-12H,4-9H2,2H3. The van der Waals surface area contributed by atoms with Crippen LogP contribution in [0.2, 0.25) is 0 Å². The van der Waals surface area contributed by atoms with E-state index in [9.17, 15) is 0 Å². The molecule has 1 heteroatoms. The molecule has 1 nitrogen and oxygen atoms in total. The number of hydrogen-bond acceptors (Lipinski definition) is 1. The highest BCUT2D eigenvalue weighted by Crippen LogP contribution is 2.31. The van der Waals surface area contributed by atoms with Gasteiger partial charge in [0.05, 0.1) is 0 Å². The third-order valence-corrected chi connectivity index (χ3v) is 2.54. The summed E-state index contributed by atoms with van der Waals surface area (Å²) in [4.78, 5) is 0. The summed E-state index contributed by atoms with van der Waals surface area (Å²) in [6.07, 6.45) is 11.5. The van der Waals surface area contributed by atoms with Gasteiger partial charge in [0.25, 0.3) is 0 Å². The van der Waals surface area contributed by atoms with Gasteiger partial charge in [-0.3, -0.25) is 0 Å². The maximum Gasteiger partial charge on any atom is 0.0240 e. The van der Waals surface area contributed by atoms with Gasteiger partial charge in [0, 0.05) is 12.5 Å². The van der Waals surface area contributed by atoms with Crippen molar-refractivity contribution in [1.82, 2.24) is 5.32 Å². The molecule has 0 radical (unpaired) electrons. The van der Waals surface area contributed by atoms with E-state index in [0.717, 1.165) is 25.3 Å². The molecule has 1 rings (SSSR count). The van der Waals surface area contributed by atoms with Gasteiger partial charge in [0.15, 0.2) is 0 Å². The Kier molecular flexibility index (Phi) is 4.18. The van der Waals surface area contributed by atoms with Gasteiger partial charge in [0.2, 0.25) is 0 Å². The lowest BCUT2D eigenvalue weighted by Crippen LogP contribution is -2.29. The Morgan fingerprint density at radius 3 is 2.83 bits per heavy atom. The molecular formula is C11H19N. The van der Waals surface area contributed by atoms with Crippen LogP contribution in [0.5, 0.6) is 0 Å². The second kappa shape index (κ2) is 5.22. The van der Waals surface area contributed by atoms with Crippen LogP contribution in [0.25, 0.3) is 0 Å². The summed E-state index contributed by atoms with van der Waals surface area (Å²) >= 11 is 0. The number of rotatable bonds is 6. The second-order valence-electron chi connectivity index (χ2n) is 3.70. The first kappa shape index (κ1) is 9.61. The van der Waals surface area contributed by atoms with E-state index in [0.29, 0.717) is 6.04 Å². The van der Waals surface area contributed by atoms with Crippen LogP contribution in [0.3, 0.4) is 0 Å². The fraction of sp³-hybridized carbons (Fsp3) is 0.818. The van der Waals surface area contributed by atoms with Crippen LogP contribution in [0.1, 0.15) is 39.0 Å². The molecule has 68 valence electrons. The first-order valence-corrected chi connectivity index (χ1v) is 5.03. The monoisotopic (exact) mass is 165 g/mol. The van der Waals surface area contributed by atoms with Crippen molar-refractivity contribution in [2.24, 2.45) is 5.92 Å². The molecule has 0 aliphatic heterocycles. The molecule has 0 bridgehead atoms. The molecule has 1 saturated carbocycles. The summed E-state index contributed by atoms with van der Waals surface area (Å²) in [6, 6.07) is 0.550. The minimum absolute atomic E-state index is 0.550. The normalized spacial score (nSPS) is 18.7. The first-order valence-electron chi connectivity index (χ1n) is 5.03. The van der Waals surface area contributed by atoms with E-state index in [1.54, 1.807) is 0 Å². The fourth-order valence-electron chi connectivity index (χ4n) is 1.40. The molecule has 1 aliphatic rings. The summed E-state index contributed by atoms with van der Waals surface area (Å²) in [7, 11) is 0. The maximum absolute atomic E-state index is 5.26. The quantitative estimate of drug-likeness (QED) is 0.595. The highest BCUT2D eigenvalue weighted by molar-refractivity contribution is 4.89. The lowest BCUT2D eigenvalue weighted by molar-refractivity contribution is 0.489. The predicted octanol–water partition coefficient (Wildman–Crippen LogP) is 2.18. The molecule has 1 aliphatic carbocycles. The number of terminal acetylenes is 1. The van der Waals surface area contributed by atoms with Gasteiger partial charge in [-0.05, 0) is 25.3 Å². The minimum atomic E-state index is 0.550. The van der Waals surface area contributed by atoms with Gasteiger partial charge in [-0.15, -0.1) is 12.3 Å². The van der Waals surface area contributed by atoms with Crippen molar-refractivity contribution in [3.05, 3.63) is 0 Å². The van der Waals surface area contributed by atoms with E-state index in [1.165, 1.54) is 19.3 Å². The Hall–Kier alpha value is -0.480. The van der Waals surface area contributed by atoms with Crippen LogP contribution in [0.15, 0.2) is 0 Å². The molecule has 0 aromatic carbocycles. The Bertz CT molecular complexity index is 153. The Labute approximate surface area is 75.9 Å². The molecule has 1 fully saturated rings. The summed E-state index contributed by atoms with van der Waals surface area (Å²) in [5.74, 6) is 3.74. The molecular weight excluding hydrogens is 146 g/mol. The largest absolute Gasteiger partial charge is 0.313 e. The molecule has 0 aromatic heterocycles. The Balaban J connectivity index is 1.97. The van der Waals surface area contributed by atoms with Crippen LogP contribution in [-0.2, 0) is 0 Å². The molecule has 0 saturated heterocycles. The fourth-order valence-corrected chi connectivity index (χ4v) is 1.40. The zero-order chi connectivity index (χ0) is 8.81. The van der Waals surface area contributed by atoms with Crippen molar-refractivity contribution in [2.45, 2.75) is 45.1 Å². The van der Waals surface area contributed by atoms with Crippen molar-refractivity contribution in [3.63, 3.8) is 0 Å². The van der Waals surface area contributed by atoms with E-state index in [1.807, 2.05) is 0 Å². The maximum atomic E-state index is 5.26. The summed E-state index contributed by atoms with van der Waals surface area (Å²) < 4.78 is 0. The van der Waals surface area contributed by atoms with Gasteiger partial charge in [-0.25, -0.2) is 0 Å². The van der Waals surface area contributed by atoms with Gasteiger partial charge < -0.3 is 5.32 Å². The van der Waals surface area contributed by atoms with Gasteiger partial charge in [-0.2, -0.15) is 0 Å². The van der Waals surface area contributed by atoms with Crippen molar-refractivity contribution in [2.75, 3.05) is 6.54 Å². The van der Waals surface area contributed by atoms with E-state index in [-0.39, 0.29) is 0 Å². The minimum Gasteiger partial charge on any atom is -0.313 e. The van der Waals surface area contributed by atoms with Crippen molar-refractivity contribution >= 4 is 0 Å². The smallest absolute Gasteiger partial charge is 0.0240 e. The van der Waals surface area contributed by atoms with E-state index in [4.69, 9.17) is 6.42 Å². The molecule has 1 N–H and O–H groups in total. The summed E-state index contributed by atoms with van der Waals surface area (Å²) in [5.41, 5.74) is 0. The lowest BCUT2D eigenvalue weighted by atomic mass is 10.1. The zero-order valence-electron chi connectivity index (χ0n) is 7.97. The predicted molar refractivity (Wildman–Crippen MR) is 52.9 cm³/mol. The molecule has 0 amide bonds. The molecule has 12 heavy (non-hydrogen) atoms. The summed E-state index contributed by atoms with van der Waals surface area (Å²) in [5, 5.41) is 3.50. The van der Waals surface area contributed by atoms with Crippen LogP contribution < -0.4 is 5.32 Å². The summed E-state index contributed by atoms with van der Waals surface area (Å²) in [6.45, 7) is 3.34. The van der Waals surface area contributed by atoms with Crippen LogP contribution >= 0.6 is 0 Å². The molecule has 1 atom stereocenters. The lowest BCUT2D eigenvalue weighted by Gasteiger charge is -2.13. The average molecular weight is 165 g/mol. The van der Waals surface area contributed by atoms with Gasteiger partial charge in [0.1, 0.15) is 0 Å². The zero-order valence-corrected chi connectivity index (χ0v) is 7.97. The van der Waals surface area contributed by atoms with Crippen molar-refractivity contribution in [3.8, 4) is 12.3 Å². The van der Waals surface area contributed by atoms with E-state index in [2.05, 4.69) is 18.2 Å². The first-order chi connectivity index (χ1) is 5.86. The molecule has 0 spiro atoms. The SMILES string of the molecule is C#CCC(CC)NCCC1CC1. The Morgan fingerprint density at radius 1 is 1.58 bits per heavy atom. The van der Waals surface area contributed by atoms with Crippen LogP contribution in [0.4, 0.5) is 0 Å². The third kappa shape index (κ3) is 3.78. The molecule has 0 aromatic rings. The van der Waals surface area contributed by atoms with Crippen LogP contribution in [0, 0.1) is 18.3 Å². The number of nitrogens with one attached hydrogen (secondary N) is 1. The number of hydrogen-bond donors (Lipinski definition) is 1. The average Bonchev–Trinajstić information content (AvgIpc) is 2.87. The van der Waals surface area contributed by atoms with Gasteiger partial charge >= 0.3 is 0 Å². The highest BCUT2D eigenvalue weighted by Gasteiger charge is 2.20. The third-order valence-electron chi connectivity index (χ3n) is 2.54. The van der Waals surface area contributed by atoms with E-state index < -0.39 is 0 Å².